The number of aliphatic hydroxyl groups is 1. The van der Waals surface area contributed by atoms with Crippen molar-refractivity contribution in [3.8, 4) is 23.0 Å². The number of benzene rings is 3. The van der Waals surface area contributed by atoms with Crippen LogP contribution in [0.2, 0.25) is 0 Å². The Morgan fingerprint density at radius 2 is 1.58 bits per heavy atom. The van der Waals surface area contributed by atoms with E-state index < -0.39 is 11.8 Å². The molecule has 2 N–H and O–H groups in total. The number of cyclic esters (lactones) is 1. The Balaban J connectivity index is 1.71. The van der Waals surface area contributed by atoms with Crippen LogP contribution in [0.4, 0.5) is 0 Å². The minimum absolute atomic E-state index is 0.0873. The molecule has 2 heterocycles. The van der Waals surface area contributed by atoms with Crippen LogP contribution in [0.25, 0.3) is 16.6 Å². The lowest BCUT2D eigenvalue weighted by Crippen LogP contribution is -2.29. The number of phenols is 1. The number of methoxy groups -OCH3 is 3. The van der Waals surface area contributed by atoms with Crippen LogP contribution in [0.15, 0.2) is 60.2 Å². The Kier molecular flexibility index (Phi) is 5.99. The second kappa shape index (κ2) is 9.14. The highest BCUT2D eigenvalue weighted by atomic mass is 32.1. The van der Waals surface area contributed by atoms with Crippen molar-refractivity contribution in [3.05, 3.63) is 76.9 Å². The quantitative estimate of drug-likeness (QED) is 0.360. The zero-order chi connectivity index (χ0) is 25.4. The predicted octanol–water partition coefficient (Wildman–Crippen LogP) is 3.82. The summed E-state index contributed by atoms with van der Waals surface area (Å²) in [7, 11) is 4.39. The fraction of sp³-hybridized carbons (Fsp3) is 0.192. The van der Waals surface area contributed by atoms with Crippen LogP contribution < -0.4 is 14.2 Å². The first kappa shape index (κ1) is 23.6. The highest BCUT2D eigenvalue weighted by molar-refractivity contribution is 7.00. The van der Waals surface area contributed by atoms with Gasteiger partial charge in [-0.25, -0.2) is 4.79 Å². The van der Waals surface area contributed by atoms with Crippen molar-refractivity contribution in [3.63, 3.8) is 0 Å². The summed E-state index contributed by atoms with van der Waals surface area (Å²) in [6.07, 6.45) is 0.0873. The molecule has 10 heteroatoms. The van der Waals surface area contributed by atoms with Gasteiger partial charge in [0.2, 0.25) is 5.75 Å². The molecule has 184 valence electrons. The lowest BCUT2D eigenvalue weighted by molar-refractivity contribution is -0.185. The maximum Gasteiger partial charge on any atom is 0.342 e. The third kappa shape index (κ3) is 3.90. The fourth-order valence-corrected chi connectivity index (χ4v) is 4.80. The van der Waals surface area contributed by atoms with Crippen LogP contribution in [0, 0.1) is 0 Å². The summed E-state index contributed by atoms with van der Waals surface area (Å²) >= 11 is 1.07. The van der Waals surface area contributed by atoms with Gasteiger partial charge in [-0.05, 0) is 59.7 Å². The highest BCUT2D eigenvalue weighted by Crippen LogP contribution is 2.46. The number of carbonyl (C=O) groups is 1. The molecule has 0 spiro atoms. The summed E-state index contributed by atoms with van der Waals surface area (Å²) < 4.78 is 29.9. The zero-order valence-electron chi connectivity index (χ0n) is 19.6. The van der Waals surface area contributed by atoms with Crippen molar-refractivity contribution in [2.75, 3.05) is 21.3 Å². The molecule has 1 aliphatic heterocycles. The molecule has 9 nitrogen and oxygen atoms in total. The minimum Gasteiger partial charge on any atom is -0.502 e. The van der Waals surface area contributed by atoms with E-state index in [1.807, 2.05) is 0 Å². The topological polar surface area (TPSA) is 120 Å². The molecular formula is C26H22N2O7S. The molecule has 1 atom stereocenters. The van der Waals surface area contributed by atoms with Gasteiger partial charge in [0.05, 0.1) is 38.6 Å². The number of hydrogen-bond donors (Lipinski definition) is 2. The van der Waals surface area contributed by atoms with E-state index in [9.17, 15) is 15.0 Å². The van der Waals surface area contributed by atoms with E-state index in [4.69, 9.17) is 18.9 Å². The largest absolute Gasteiger partial charge is 0.502 e. The van der Waals surface area contributed by atoms with Gasteiger partial charge in [-0.15, -0.1) is 0 Å². The number of nitrogens with zero attached hydrogens (tertiary/aromatic N) is 2. The van der Waals surface area contributed by atoms with Gasteiger partial charge in [0.25, 0.3) is 5.79 Å². The molecule has 5 rings (SSSR count). The number of aromatic hydroxyl groups is 1. The zero-order valence-corrected chi connectivity index (χ0v) is 20.5. The van der Waals surface area contributed by atoms with Crippen LogP contribution in [-0.4, -0.2) is 46.3 Å². The van der Waals surface area contributed by atoms with Crippen LogP contribution in [0.1, 0.15) is 16.7 Å². The van der Waals surface area contributed by atoms with Crippen molar-refractivity contribution < 1.29 is 34.0 Å². The van der Waals surface area contributed by atoms with Gasteiger partial charge in [-0.1, -0.05) is 6.07 Å². The molecule has 36 heavy (non-hydrogen) atoms. The Labute approximate surface area is 210 Å². The van der Waals surface area contributed by atoms with Gasteiger partial charge >= 0.3 is 5.97 Å². The molecule has 0 bridgehead atoms. The Hall–Kier alpha value is -4.15. The third-order valence-electron chi connectivity index (χ3n) is 6.10. The monoisotopic (exact) mass is 506 g/mol. The average molecular weight is 507 g/mol. The van der Waals surface area contributed by atoms with Crippen molar-refractivity contribution >= 4 is 34.3 Å². The maximum absolute atomic E-state index is 13.3. The van der Waals surface area contributed by atoms with E-state index in [0.717, 1.165) is 11.7 Å². The maximum atomic E-state index is 13.3. The van der Waals surface area contributed by atoms with Crippen LogP contribution in [0.5, 0.6) is 23.0 Å². The highest BCUT2D eigenvalue weighted by Gasteiger charge is 2.48. The van der Waals surface area contributed by atoms with E-state index in [2.05, 4.69) is 8.75 Å². The fourth-order valence-electron chi connectivity index (χ4n) is 4.28. The lowest BCUT2D eigenvalue weighted by Gasteiger charge is -2.26. The summed E-state index contributed by atoms with van der Waals surface area (Å²) in [4.78, 5) is 13.3. The first-order valence-electron chi connectivity index (χ1n) is 10.9. The summed E-state index contributed by atoms with van der Waals surface area (Å²) in [6, 6.07) is 15.1. The number of phenolic OH excluding ortho intramolecular Hbond substituents is 1. The summed E-state index contributed by atoms with van der Waals surface area (Å²) in [6.45, 7) is 0. The second-order valence-corrected chi connectivity index (χ2v) is 8.64. The summed E-state index contributed by atoms with van der Waals surface area (Å²) in [5.41, 5.74) is 3.38. The molecule has 1 unspecified atom stereocenters. The first-order valence-corrected chi connectivity index (χ1v) is 11.6. The van der Waals surface area contributed by atoms with Gasteiger partial charge < -0.3 is 29.2 Å². The molecule has 0 amide bonds. The molecular weight excluding hydrogens is 484 g/mol. The second-order valence-electron chi connectivity index (χ2n) is 8.11. The first-order chi connectivity index (χ1) is 17.4. The molecule has 0 fully saturated rings. The molecule has 0 radical (unpaired) electrons. The van der Waals surface area contributed by atoms with E-state index in [1.165, 1.54) is 21.3 Å². The Morgan fingerprint density at radius 3 is 2.22 bits per heavy atom. The van der Waals surface area contributed by atoms with Crippen LogP contribution in [-0.2, 0) is 21.7 Å². The van der Waals surface area contributed by atoms with E-state index in [0.29, 0.717) is 39.0 Å². The van der Waals surface area contributed by atoms with Crippen LogP contribution >= 0.6 is 11.7 Å². The number of aromatic nitrogens is 2. The van der Waals surface area contributed by atoms with Crippen LogP contribution in [0.3, 0.4) is 0 Å². The lowest BCUT2D eigenvalue weighted by atomic mass is 9.88. The number of ether oxygens (including phenoxy) is 4. The van der Waals surface area contributed by atoms with E-state index in [1.54, 1.807) is 54.6 Å². The predicted molar refractivity (Wildman–Crippen MR) is 132 cm³/mol. The number of carbonyl (C=O) groups excluding carboxylic acids is 1. The van der Waals surface area contributed by atoms with Gasteiger partial charge in [0.1, 0.15) is 16.8 Å². The van der Waals surface area contributed by atoms with Gasteiger partial charge in [-0.3, -0.25) is 0 Å². The Bertz CT molecular complexity index is 1470. The normalized spacial score (nSPS) is 17.4. The van der Waals surface area contributed by atoms with Crippen molar-refractivity contribution in [2.45, 2.75) is 12.2 Å². The van der Waals surface area contributed by atoms with Gasteiger partial charge in [0.15, 0.2) is 11.5 Å². The minimum atomic E-state index is -2.05. The molecule has 4 aromatic rings. The third-order valence-corrected chi connectivity index (χ3v) is 6.66. The molecule has 1 aliphatic rings. The summed E-state index contributed by atoms with van der Waals surface area (Å²) in [5, 5.41) is 22.2. The standard InChI is InChI=1S/C26H22N2O7S/c1-32-17-7-5-16(6-8-17)26(31)18(10-14-11-21(33-2)24(29)22(12-14)34-3)23(25(30)35-26)15-4-9-19-20(13-15)28-36-27-19/h4-9,11-13,29,31H,10H2,1-3H3. The van der Waals surface area contributed by atoms with E-state index in [-0.39, 0.29) is 29.2 Å². The average Bonchev–Trinajstić information content (AvgIpc) is 3.46. The molecule has 0 saturated heterocycles. The number of hydrogen-bond acceptors (Lipinski definition) is 10. The number of fused-ring (bicyclic) bond motifs is 1. The smallest absolute Gasteiger partial charge is 0.342 e. The van der Waals surface area contributed by atoms with Crippen molar-refractivity contribution in [1.82, 2.24) is 8.75 Å². The number of rotatable bonds is 7. The van der Waals surface area contributed by atoms with Gasteiger partial charge in [0, 0.05) is 17.6 Å². The Morgan fingerprint density at radius 1 is 0.917 bits per heavy atom. The molecule has 1 aromatic heterocycles. The summed E-state index contributed by atoms with van der Waals surface area (Å²) in [5.74, 6) is -1.90. The van der Waals surface area contributed by atoms with E-state index >= 15 is 0 Å². The van der Waals surface area contributed by atoms with Gasteiger partial charge in [-0.2, -0.15) is 8.75 Å². The SMILES string of the molecule is COc1ccc(C2(O)OC(=O)C(c3ccc4nsnc4c3)=C2Cc2cc(OC)c(O)c(OC)c2)cc1. The number of esters is 1. The van der Waals surface area contributed by atoms with Crippen molar-refractivity contribution in [1.29, 1.82) is 0 Å². The molecule has 0 saturated carbocycles. The molecule has 0 aliphatic carbocycles. The molecule has 3 aromatic carbocycles. The van der Waals surface area contributed by atoms with Crippen molar-refractivity contribution in [2.24, 2.45) is 0 Å².